The number of amides is 1. The van der Waals surface area contributed by atoms with Crippen molar-refractivity contribution in [2.75, 3.05) is 19.0 Å². The van der Waals surface area contributed by atoms with E-state index in [1.807, 2.05) is 6.07 Å². The molecule has 0 spiro atoms. The minimum Gasteiger partial charge on any atom is -0.494 e. The smallest absolute Gasteiger partial charge is 0.252 e. The number of rotatable bonds is 7. The number of hydrogen-bond acceptors (Lipinski definition) is 7. The Hall–Kier alpha value is -4.05. The number of aromatic nitrogens is 4. The number of nitrogens with zero attached hydrogens (tertiary/aromatic N) is 4. The molecule has 2 aromatic heterocycles. The summed E-state index contributed by atoms with van der Waals surface area (Å²) >= 11 is 0. The zero-order valence-electron chi connectivity index (χ0n) is 20.5. The van der Waals surface area contributed by atoms with Crippen LogP contribution in [0, 0.1) is 11.7 Å². The molecule has 1 aliphatic heterocycles. The SMILES string of the molecule is COc1ccc([C@H](NC(=O)c2ccc3cnc(N[C@H]4C[C@H]5C[C@@H]4CO5)nc3c2)c2cnn(C)c2)cc1F. The fourth-order valence-electron chi connectivity index (χ4n) is 5.26. The van der Waals surface area contributed by atoms with Gasteiger partial charge < -0.3 is 20.1 Å². The predicted octanol–water partition coefficient (Wildman–Crippen LogP) is 3.62. The molecule has 4 atom stereocenters. The van der Waals surface area contributed by atoms with E-state index < -0.39 is 11.9 Å². The van der Waals surface area contributed by atoms with Gasteiger partial charge in [0, 0.05) is 47.9 Å². The molecule has 37 heavy (non-hydrogen) atoms. The van der Waals surface area contributed by atoms with Gasteiger partial charge in [0.05, 0.1) is 37.6 Å². The number of ether oxygens (including phenoxy) is 2. The Balaban J connectivity index is 1.26. The first-order chi connectivity index (χ1) is 18.0. The highest BCUT2D eigenvalue weighted by atomic mass is 19.1. The summed E-state index contributed by atoms with van der Waals surface area (Å²) in [5, 5.41) is 11.5. The molecule has 9 nitrogen and oxygen atoms in total. The molecule has 190 valence electrons. The molecular weight excluding hydrogens is 475 g/mol. The second-order valence-electron chi connectivity index (χ2n) is 9.65. The highest BCUT2D eigenvalue weighted by Crippen LogP contribution is 2.36. The summed E-state index contributed by atoms with van der Waals surface area (Å²) in [6, 6.07) is 9.63. The molecule has 1 saturated carbocycles. The Bertz CT molecular complexity index is 1470. The van der Waals surface area contributed by atoms with Gasteiger partial charge in [-0.25, -0.2) is 14.4 Å². The fourth-order valence-corrected chi connectivity index (χ4v) is 5.26. The maximum Gasteiger partial charge on any atom is 0.252 e. The van der Waals surface area contributed by atoms with Crippen LogP contribution in [0.2, 0.25) is 0 Å². The molecule has 4 aromatic rings. The first-order valence-electron chi connectivity index (χ1n) is 12.2. The average Bonchev–Trinajstić information content (AvgIpc) is 3.64. The van der Waals surface area contributed by atoms with Gasteiger partial charge in [0.2, 0.25) is 5.95 Å². The topological polar surface area (TPSA) is 103 Å². The maximum absolute atomic E-state index is 14.5. The van der Waals surface area contributed by atoms with Crippen LogP contribution in [0.4, 0.5) is 10.3 Å². The lowest BCUT2D eigenvalue weighted by atomic mass is 10.0. The summed E-state index contributed by atoms with van der Waals surface area (Å²) in [5.74, 6) is 0.340. The van der Waals surface area contributed by atoms with Crippen LogP contribution in [0.15, 0.2) is 55.0 Å². The van der Waals surface area contributed by atoms with E-state index in [-0.39, 0.29) is 11.7 Å². The monoisotopic (exact) mass is 502 g/mol. The lowest BCUT2D eigenvalue weighted by Crippen LogP contribution is -2.30. The summed E-state index contributed by atoms with van der Waals surface area (Å²) < 4.78 is 26.9. The number of fused-ring (bicyclic) bond motifs is 3. The molecule has 2 fully saturated rings. The second-order valence-corrected chi connectivity index (χ2v) is 9.65. The van der Waals surface area contributed by atoms with Crippen LogP contribution < -0.4 is 15.4 Å². The van der Waals surface area contributed by atoms with Crippen molar-refractivity contribution >= 4 is 22.8 Å². The number of methoxy groups -OCH3 is 1. The fraction of sp³-hybridized carbons (Fsp3) is 0.333. The van der Waals surface area contributed by atoms with Crippen molar-refractivity contribution in [3.63, 3.8) is 0 Å². The Morgan fingerprint density at radius 3 is 2.78 bits per heavy atom. The van der Waals surface area contributed by atoms with Crippen molar-refractivity contribution in [3.05, 3.63) is 77.5 Å². The number of carbonyl (C=O) groups excluding carboxylic acids is 1. The normalized spacial score (nSPS) is 21.2. The Kier molecular flexibility index (Phi) is 5.96. The molecule has 6 rings (SSSR count). The van der Waals surface area contributed by atoms with Crippen molar-refractivity contribution < 1.29 is 18.7 Å². The van der Waals surface area contributed by atoms with E-state index in [4.69, 9.17) is 9.47 Å². The van der Waals surface area contributed by atoms with Crippen LogP contribution in [0.25, 0.3) is 10.9 Å². The van der Waals surface area contributed by atoms with Gasteiger partial charge >= 0.3 is 0 Å². The molecule has 10 heteroatoms. The maximum atomic E-state index is 14.5. The van der Waals surface area contributed by atoms with Crippen molar-refractivity contribution in [3.8, 4) is 5.75 Å². The van der Waals surface area contributed by atoms with Crippen molar-refractivity contribution in [2.24, 2.45) is 13.0 Å². The molecule has 1 aliphatic carbocycles. The zero-order chi connectivity index (χ0) is 25.5. The zero-order valence-corrected chi connectivity index (χ0v) is 20.5. The summed E-state index contributed by atoms with van der Waals surface area (Å²) in [6.45, 7) is 0.774. The van der Waals surface area contributed by atoms with E-state index >= 15 is 0 Å². The van der Waals surface area contributed by atoms with Crippen molar-refractivity contribution in [1.82, 2.24) is 25.1 Å². The van der Waals surface area contributed by atoms with E-state index in [0.29, 0.717) is 40.7 Å². The molecule has 2 aliphatic rings. The van der Waals surface area contributed by atoms with Crippen LogP contribution in [0.3, 0.4) is 0 Å². The van der Waals surface area contributed by atoms with E-state index in [9.17, 15) is 9.18 Å². The lowest BCUT2D eigenvalue weighted by Gasteiger charge is -2.23. The van der Waals surface area contributed by atoms with E-state index in [0.717, 1.165) is 30.4 Å². The highest BCUT2D eigenvalue weighted by Gasteiger charge is 2.41. The predicted molar refractivity (Wildman–Crippen MR) is 135 cm³/mol. The Morgan fingerprint density at radius 2 is 2.08 bits per heavy atom. The molecule has 0 unspecified atom stereocenters. The standard InChI is InChI=1S/C27H27FN6O3/c1-34-13-19(12-30-34)25(15-5-6-24(36-2)21(28)8-15)33-26(35)16-3-4-17-11-29-27(31-22(17)9-16)32-23-10-20-7-18(23)14-37-20/h3-6,8-9,11-13,18,20,23,25H,7,10,14H2,1-2H3,(H,33,35)(H,29,31,32)/t18-,20-,23+,25+/m1/s1. The average molecular weight is 503 g/mol. The van der Waals surface area contributed by atoms with E-state index in [2.05, 4.69) is 25.7 Å². The first kappa shape index (κ1) is 23.4. The highest BCUT2D eigenvalue weighted by molar-refractivity contribution is 5.98. The van der Waals surface area contributed by atoms with Crippen LogP contribution in [-0.2, 0) is 11.8 Å². The van der Waals surface area contributed by atoms with Crippen LogP contribution in [0.5, 0.6) is 5.75 Å². The molecule has 2 N–H and O–H groups in total. The third-order valence-corrected chi connectivity index (χ3v) is 7.20. The Labute approximate surface area is 213 Å². The first-order valence-corrected chi connectivity index (χ1v) is 12.2. The molecule has 3 heterocycles. The van der Waals surface area contributed by atoms with Gasteiger partial charge in [-0.05, 0) is 42.7 Å². The van der Waals surface area contributed by atoms with Gasteiger partial charge in [0.25, 0.3) is 5.91 Å². The van der Waals surface area contributed by atoms with Crippen LogP contribution in [0.1, 0.15) is 40.4 Å². The molecular formula is C27H27FN6O3. The largest absolute Gasteiger partial charge is 0.494 e. The summed E-state index contributed by atoms with van der Waals surface area (Å²) in [4.78, 5) is 22.5. The summed E-state index contributed by atoms with van der Waals surface area (Å²) in [5.41, 5.74) is 2.40. The van der Waals surface area contributed by atoms with Crippen LogP contribution in [-0.4, -0.2) is 51.5 Å². The number of anilines is 1. The molecule has 2 aromatic carbocycles. The molecule has 2 bridgehead atoms. The molecule has 0 radical (unpaired) electrons. The number of carbonyl (C=O) groups is 1. The van der Waals surface area contributed by atoms with E-state index in [1.165, 1.54) is 13.2 Å². The van der Waals surface area contributed by atoms with Gasteiger partial charge in [-0.1, -0.05) is 12.1 Å². The lowest BCUT2D eigenvalue weighted by molar-refractivity contribution is 0.0723. The van der Waals surface area contributed by atoms with Crippen molar-refractivity contribution in [2.45, 2.75) is 31.0 Å². The Morgan fingerprint density at radius 1 is 1.19 bits per heavy atom. The third-order valence-electron chi connectivity index (χ3n) is 7.20. The van der Waals surface area contributed by atoms with Crippen molar-refractivity contribution in [1.29, 1.82) is 0 Å². The van der Waals surface area contributed by atoms with Gasteiger partial charge in [0.15, 0.2) is 11.6 Å². The second kappa shape index (κ2) is 9.44. The van der Waals surface area contributed by atoms with Crippen LogP contribution >= 0.6 is 0 Å². The number of aryl methyl sites for hydroxylation is 1. The minimum absolute atomic E-state index is 0.136. The molecule has 1 amide bonds. The number of halogens is 1. The van der Waals surface area contributed by atoms with E-state index in [1.54, 1.807) is 54.6 Å². The van der Waals surface area contributed by atoms with Gasteiger partial charge in [-0.3, -0.25) is 9.48 Å². The number of benzene rings is 2. The number of nitrogens with one attached hydrogen (secondary N) is 2. The number of hydrogen-bond donors (Lipinski definition) is 2. The third kappa shape index (κ3) is 4.60. The van der Waals surface area contributed by atoms with Gasteiger partial charge in [-0.2, -0.15) is 5.10 Å². The molecule has 1 saturated heterocycles. The quantitative estimate of drug-likeness (QED) is 0.398. The van der Waals surface area contributed by atoms with Gasteiger partial charge in [0.1, 0.15) is 0 Å². The summed E-state index contributed by atoms with van der Waals surface area (Å²) in [6.07, 6.45) is 7.56. The van der Waals surface area contributed by atoms with Gasteiger partial charge in [-0.15, -0.1) is 0 Å². The summed E-state index contributed by atoms with van der Waals surface area (Å²) in [7, 11) is 3.20. The minimum atomic E-state index is -0.611.